The van der Waals surface area contributed by atoms with E-state index < -0.39 is 0 Å². The molecule has 3 rings (SSSR count). The Kier molecular flexibility index (Phi) is 5.19. The summed E-state index contributed by atoms with van der Waals surface area (Å²) in [5.41, 5.74) is 13.6. The van der Waals surface area contributed by atoms with Crippen molar-refractivity contribution in [3.63, 3.8) is 0 Å². The molecule has 1 aliphatic rings. The summed E-state index contributed by atoms with van der Waals surface area (Å²) in [6.07, 6.45) is 1.82. The fraction of sp³-hybridized carbons (Fsp3) is 0.471. The van der Waals surface area contributed by atoms with E-state index >= 15 is 0 Å². The van der Waals surface area contributed by atoms with Crippen LogP contribution < -0.4 is 16.8 Å². The molecule has 1 aromatic heterocycles. The van der Waals surface area contributed by atoms with Crippen LogP contribution in [0.4, 0.5) is 5.13 Å². The number of thiazole rings is 1. The third kappa shape index (κ3) is 4.08. The van der Waals surface area contributed by atoms with Gasteiger partial charge in [0.1, 0.15) is 0 Å². The first kappa shape index (κ1) is 17.6. The average Bonchev–Trinajstić information content (AvgIpc) is 2.96. The smallest absolute Gasteiger partial charge is 0.251 e. The minimum atomic E-state index is -0.235. The fourth-order valence-electron chi connectivity index (χ4n) is 3.27. The van der Waals surface area contributed by atoms with Crippen LogP contribution in [0.25, 0.3) is 10.2 Å². The van der Waals surface area contributed by atoms with Crippen LogP contribution in [0.1, 0.15) is 28.8 Å². The van der Waals surface area contributed by atoms with Crippen LogP contribution in [-0.2, 0) is 4.79 Å². The molecule has 2 amide bonds. The number of piperidine rings is 1. The first-order valence-electron chi connectivity index (χ1n) is 8.40. The second kappa shape index (κ2) is 7.37. The van der Waals surface area contributed by atoms with Gasteiger partial charge in [-0.05, 0) is 44.0 Å². The van der Waals surface area contributed by atoms with Crippen LogP contribution >= 0.6 is 11.3 Å². The molecule has 0 saturated carbocycles. The molecule has 1 saturated heterocycles. The third-order valence-corrected chi connectivity index (χ3v) is 5.42. The number of nitrogens with one attached hydrogen (secondary N) is 1. The maximum atomic E-state index is 12.4. The van der Waals surface area contributed by atoms with Gasteiger partial charge in [0.2, 0.25) is 5.91 Å². The molecule has 134 valence electrons. The number of rotatable bonds is 5. The monoisotopic (exact) mass is 361 g/mol. The highest BCUT2D eigenvalue weighted by molar-refractivity contribution is 7.22. The quantitative estimate of drug-likeness (QED) is 0.738. The molecular weight excluding hydrogens is 338 g/mol. The Morgan fingerprint density at radius 1 is 1.44 bits per heavy atom. The molecule has 1 atom stereocenters. The van der Waals surface area contributed by atoms with Gasteiger partial charge in [-0.25, -0.2) is 4.98 Å². The summed E-state index contributed by atoms with van der Waals surface area (Å²) in [4.78, 5) is 30.2. The second-order valence-electron chi connectivity index (χ2n) is 6.49. The van der Waals surface area contributed by atoms with Gasteiger partial charge in [0.25, 0.3) is 5.91 Å². The van der Waals surface area contributed by atoms with Gasteiger partial charge in [0, 0.05) is 25.2 Å². The maximum Gasteiger partial charge on any atom is 0.251 e. The highest BCUT2D eigenvalue weighted by atomic mass is 32.1. The maximum absolute atomic E-state index is 12.4. The van der Waals surface area contributed by atoms with E-state index in [1.807, 2.05) is 19.1 Å². The second-order valence-corrected chi connectivity index (χ2v) is 7.55. The van der Waals surface area contributed by atoms with E-state index in [1.165, 1.54) is 11.3 Å². The Balaban J connectivity index is 1.57. The summed E-state index contributed by atoms with van der Waals surface area (Å²) >= 11 is 1.38. The van der Waals surface area contributed by atoms with E-state index in [1.54, 1.807) is 0 Å². The number of nitrogens with zero attached hydrogens (tertiary/aromatic N) is 2. The van der Waals surface area contributed by atoms with Gasteiger partial charge in [-0.1, -0.05) is 11.3 Å². The summed E-state index contributed by atoms with van der Waals surface area (Å²) in [7, 11) is 0. The molecule has 2 heterocycles. The molecule has 0 bridgehead atoms. The zero-order valence-electron chi connectivity index (χ0n) is 14.2. The molecule has 25 heavy (non-hydrogen) atoms. The molecule has 8 heteroatoms. The van der Waals surface area contributed by atoms with Gasteiger partial charge in [-0.3, -0.25) is 9.59 Å². The highest BCUT2D eigenvalue weighted by Gasteiger charge is 2.23. The summed E-state index contributed by atoms with van der Waals surface area (Å²) in [6, 6.07) is 3.66. The largest absolute Gasteiger partial charge is 0.375 e. The third-order valence-electron chi connectivity index (χ3n) is 4.59. The summed E-state index contributed by atoms with van der Waals surface area (Å²) in [5, 5.41) is 3.45. The molecule has 1 fully saturated rings. The molecule has 1 aromatic carbocycles. The zero-order valence-corrected chi connectivity index (χ0v) is 15.1. The number of likely N-dealkylation sites (tertiary alicyclic amines) is 1. The van der Waals surface area contributed by atoms with Crippen molar-refractivity contribution in [3.8, 4) is 0 Å². The standard InChI is InChI=1S/C17H23N5O2S/c1-10-7-12(8-13-14(10)21-17(19)25-13)16(24)20-4-6-22-5-2-3-11(9-22)15(18)23/h7-8,11H,2-6,9H2,1H3,(H2,18,23)(H2,19,21)(H,20,24). The Labute approximate surface area is 150 Å². The van der Waals surface area contributed by atoms with Crippen molar-refractivity contribution in [2.24, 2.45) is 11.7 Å². The van der Waals surface area contributed by atoms with Crippen molar-refractivity contribution in [2.75, 3.05) is 31.9 Å². The van der Waals surface area contributed by atoms with Crippen molar-refractivity contribution >= 4 is 38.5 Å². The first-order valence-corrected chi connectivity index (χ1v) is 9.22. The molecule has 2 aromatic rings. The summed E-state index contributed by atoms with van der Waals surface area (Å²) < 4.78 is 0.919. The van der Waals surface area contributed by atoms with Gasteiger partial charge >= 0.3 is 0 Å². The summed E-state index contributed by atoms with van der Waals surface area (Å²) in [6.45, 7) is 4.79. The molecule has 5 N–H and O–H groups in total. The van der Waals surface area contributed by atoms with Gasteiger partial charge in [0.05, 0.1) is 16.1 Å². The topological polar surface area (TPSA) is 114 Å². The van der Waals surface area contributed by atoms with Crippen LogP contribution in [0.3, 0.4) is 0 Å². The Morgan fingerprint density at radius 3 is 3.00 bits per heavy atom. The predicted octanol–water partition coefficient (Wildman–Crippen LogP) is 1.11. The minimum absolute atomic E-state index is 0.0775. The van der Waals surface area contributed by atoms with Gasteiger partial charge < -0.3 is 21.7 Å². The van der Waals surface area contributed by atoms with E-state index in [2.05, 4.69) is 15.2 Å². The molecule has 7 nitrogen and oxygen atoms in total. The number of nitrogens with two attached hydrogens (primary N) is 2. The van der Waals surface area contributed by atoms with Crippen molar-refractivity contribution < 1.29 is 9.59 Å². The molecule has 0 radical (unpaired) electrons. The molecular formula is C17H23N5O2S. The lowest BCUT2D eigenvalue weighted by Gasteiger charge is -2.31. The number of aromatic nitrogens is 1. The highest BCUT2D eigenvalue weighted by Crippen LogP contribution is 2.27. The lowest BCUT2D eigenvalue weighted by molar-refractivity contribution is -0.123. The molecule has 1 aliphatic heterocycles. The number of amides is 2. The van der Waals surface area contributed by atoms with Crippen LogP contribution in [0.15, 0.2) is 12.1 Å². The number of carbonyl (C=O) groups is 2. The van der Waals surface area contributed by atoms with E-state index in [0.29, 0.717) is 30.3 Å². The van der Waals surface area contributed by atoms with Crippen molar-refractivity contribution in [2.45, 2.75) is 19.8 Å². The number of anilines is 1. The van der Waals surface area contributed by atoms with Crippen molar-refractivity contribution in [3.05, 3.63) is 23.3 Å². The first-order chi connectivity index (χ1) is 11.9. The van der Waals surface area contributed by atoms with Crippen LogP contribution in [0, 0.1) is 12.8 Å². The number of primary amides is 1. The van der Waals surface area contributed by atoms with Crippen LogP contribution in [0.5, 0.6) is 0 Å². The number of hydrogen-bond acceptors (Lipinski definition) is 6. The molecule has 0 spiro atoms. The predicted molar refractivity (Wildman–Crippen MR) is 99.5 cm³/mol. The molecule has 0 aliphatic carbocycles. The van der Waals surface area contributed by atoms with Crippen molar-refractivity contribution in [1.82, 2.24) is 15.2 Å². The Bertz CT molecular complexity index is 804. The minimum Gasteiger partial charge on any atom is -0.375 e. The zero-order chi connectivity index (χ0) is 18.0. The van der Waals surface area contributed by atoms with E-state index in [-0.39, 0.29) is 17.7 Å². The number of fused-ring (bicyclic) bond motifs is 1. The fourth-order valence-corrected chi connectivity index (χ4v) is 4.12. The lowest BCUT2D eigenvalue weighted by Crippen LogP contribution is -2.44. The average molecular weight is 361 g/mol. The van der Waals surface area contributed by atoms with Crippen LogP contribution in [-0.4, -0.2) is 47.9 Å². The Hall–Kier alpha value is -2.19. The van der Waals surface area contributed by atoms with Gasteiger partial charge in [-0.2, -0.15) is 0 Å². The van der Waals surface area contributed by atoms with Gasteiger partial charge in [0.15, 0.2) is 5.13 Å². The number of benzene rings is 1. The van der Waals surface area contributed by atoms with Crippen molar-refractivity contribution in [1.29, 1.82) is 0 Å². The molecule has 1 unspecified atom stereocenters. The van der Waals surface area contributed by atoms with E-state index in [9.17, 15) is 9.59 Å². The van der Waals surface area contributed by atoms with Gasteiger partial charge in [-0.15, -0.1) is 0 Å². The number of hydrogen-bond donors (Lipinski definition) is 3. The summed E-state index contributed by atoms with van der Waals surface area (Å²) in [5.74, 6) is -0.423. The van der Waals surface area contributed by atoms with Crippen LogP contribution in [0.2, 0.25) is 0 Å². The lowest BCUT2D eigenvalue weighted by atomic mass is 9.97. The SMILES string of the molecule is Cc1cc(C(=O)NCCN2CCCC(C(N)=O)C2)cc2sc(N)nc12. The number of carbonyl (C=O) groups excluding carboxylic acids is 2. The van der Waals surface area contributed by atoms with E-state index in [4.69, 9.17) is 11.5 Å². The number of aryl methyl sites for hydroxylation is 1. The normalized spacial score (nSPS) is 18.4. The number of nitrogen functional groups attached to an aromatic ring is 1. The Morgan fingerprint density at radius 2 is 2.24 bits per heavy atom. The van der Waals surface area contributed by atoms with E-state index in [0.717, 1.165) is 35.2 Å².